The number of halogens is 2. The first-order chi connectivity index (χ1) is 17.5. The molecule has 1 fully saturated rings. The van der Waals surface area contributed by atoms with E-state index in [1.165, 1.54) is 12.1 Å². The molecule has 3 aliphatic heterocycles. The molecule has 1 aliphatic carbocycles. The summed E-state index contributed by atoms with van der Waals surface area (Å²) in [6, 6.07) is 5.97. The minimum Gasteiger partial charge on any atom is -0.355 e. The maximum absolute atomic E-state index is 14.5. The van der Waals surface area contributed by atoms with Gasteiger partial charge in [-0.15, -0.1) is 0 Å². The number of aromatic nitrogens is 3. The number of nitrogens with two attached hydrogens (primary N) is 1. The number of hydrogen-bond acceptors (Lipinski definition) is 7. The van der Waals surface area contributed by atoms with Crippen LogP contribution in [0.15, 0.2) is 41.7 Å². The fraction of sp³-hybridized carbons (Fsp3) is 0.429. The lowest BCUT2D eigenvalue weighted by molar-refractivity contribution is 0.185. The van der Waals surface area contributed by atoms with Crippen molar-refractivity contribution >= 4 is 17.3 Å². The first kappa shape index (κ1) is 23.9. The lowest BCUT2D eigenvalue weighted by atomic mass is 9.73. The molecular weight excluding hydrogens is 472 g/mol. The average Bonchev–Trinajstić information content (AvgIpc) is 3.46. The standard InChI is InChI=1S/C27H27F2N7.CH4/c28-17-5-6-18(29)23-16(17)13-27(25(23)30)7-11-35(12-8-27)22-15-32-24-20(34-22)14-33-26(24)36-10-2-3-19-21(36)4-1-9-31-19;/h1,4-6,9,15,25H,2-3,7-8,10-14,30H2;1H4/t25-;/m1./s1. The third-order valence-electron chi connectivity index (χ3n) is 8.46. The molecule has 4 aliphatic rings. The highest BCUT2D eigenvalue weighted by Crippen LogP contribution is 2.52. The number of aryl methyl sites for hydroxylation is 1. The Kier molecular flexibility index (Phi) is 5.71. The van der Waals surface area contributed by atoms with Gasteiger partial charge in [0.15, 0.2) is 5.84 Å². The molecule has 0 bridgehead atoms. The van der Waals surface area contributed by atoms with Crippen molar-refractivity contribution in [3.8, 4) is 0 Å². The molecule has 37 heavy (non-hydrogen) atoms. The fourth-order valence-corrected chi connectivity index (χ4v) is 6.48. The number of aliphatic imine (C=N–C) groups is 1. The summed E-state index contributed by atoms with van der Waals surface area (Å²) in [7, 11) is 0. The van der Waals surface area contributed by atoms with Crippen molar-refractivity contribution in [2.75, 3.05) is 29.4 Å². The highest BCUT2D eigenvalue weighted by Gasteiger charge is 2.48. The van der Waals surface area contributed by atoms with Crippen molar-refractivity contribution in [2.45, 2.75) is 52.1 Å². The molecule has 1 saturated heterocycles. The zero-order valence-corrected chi connectivity index (χ0v) is 19.9. The highest BCUT2D eigenvalue weighted by molar-refractivity contribution is 6.11. The van der Waals surface area contributed by atoms with E-state index in [0.717, 1.165) is 79.7 Å². The summed E-state index contributed by atoms with van der Waals surface area (Å²) in [6.45, 7) is 2.83. The SMILES string of the molecule is C.N[C@@H]1c2c(F)ccc(F)c2CC12CCN(c1cnc3c(n1)CN=C3N1CCCc3ncccc31)CC2. The van der Waals surface area contributed by atoms with E-state index in [2.05, 4.69) is 20.9 Å². The lowest BCUT2D eigenvalue weighted by Crippen LogP contribution is -2.44. The maximum Gasteiger partial charge on any atom is 0.156 e. The van der Waals surface area contributed by atoms with Gasteiger partial charge < -0.3 is 15.5 Å². The van der Waals surface area contributed by atoms with Gasteiger partial charge in [-0.3, -0.25) is 9.98 Å². The number of benzene rings is 1. The van der Waals surface area contributed by atoms with Crippen LogP contribution in [0.3, 0.4) is 0 Å². The largest absolute Gasteiger partial charge is 0.355 e. The summed E-state index contributed by atoms with van der Waals surface area (Å²) in [5, 5.41) is 0. The van der Waals surface area contributed by atoms with Crippen LogP contribution >= 0.6 is 0 Å². The Morgan fingerprint density at radius 2 is 1.81 bits per heavy atom. The summed E-state index contributed by atoms with van der Waals surface area (Å²) < 4.78 is 28.9. The van der Waals surface area contributed by atoms with Crippen molar-refractivity contribution in [3.05, 3.63) is 76.5 Å². The molecule has 0 radical (unpaired) electrons. The monoisotopic (exact) mass is 503 g/mol. The number of fused-ring (bicyclic) bond motifs is 3. The molecule has 192 valence electrons. The van der Waals surface area contributed by atoms with Crippen LogP contribution in [0.2, 0.25) is 0 Å². The average molecular weight is 504 g/mol. The zero-order valence-electron chi connectivity index (χ0n) is 19.9. The Bertz CT molecular complexity index is 1400. The Morgan fingerprint density at radius 1 is 1.00 bits per heavy atom. The van der Waals surface area contributed by atoms with E-state index in [4.69, 9.17) is 20.7 Å². The molecule has 0 amide bonds. The van der Waals surface area contributed by atoms with E-state index in [9.17, 15) is 8.78 Å². The molecule has 2 N–H and O–H groups in total. The van der Waals surface area contributed by atoms with Crippen molar-refractivity contribution in [1.29, 1.82) is 0 Å². The van der Waals surface area contributed by atoms with Crippen LogP contribution in [0.5, 0.6) is 0 Å². The van der Waals surface area contributed by atoms with Crippen molar-refractivity contribution in [2.24, 2.45) is 16.1 Å². The van der Waals surface area contributed by atoms with Crippen LogP contribution in [0.4, 0.5) is 20.3 Å². The van der Waals surface area contributed by atoms with Gasteiger partial charge in [0, 0.05) is 37.4 Å². The molecule has 7 rings (SSSR count). The molecule has 9 heteroatoms. The molecule has 3 aromatic rings. The topological polar surface area (TPSA) is 83.5 Å². The van der Waals surface area contributed by atoms with Gasteiger partial charge in [0.1, 0.15) is 23.1 Å². The Labute approximate surface area is 215 Å². The van der Waals surface area contributed by atoms with Crippen molar-refractivity contribution in [3.63, 3.8) is 0 Å². The molecule has 0 unspecified atom stereocenters. The number of amidine groups is 1. The Hall–Kier alpha value is -3.46. The van der Waals surface area contributed by atoms with Gasteiger partial charge >= 0.3 is 0 Å². The second kappa shape index (κ2) is 8.83. The molecule has 1 aromatic carbocycles. The first-order valence-corrected chi connectivity index (χ1v) is 12.6. The third-order valence-corrected chi connectivity index (χ3v) is 8.46. The van der Waals surface area contributed by atoms with E-state index in [-0.39, 0.29) is 18.7 Å². The van der Waals surface area contributed by atoms with Crippen LogP contribution in [0.25, 0.3) is 0 Å². The van der Waals surface area contributed by atoms with Gasteiger partial charge in [-0.1, -0.05) is 7.43 Å². The van der Waals surface area contributed by atoms with Gasteiger partial charge in [-0.05, 0) is 67.3 Å². The quantitative estimate of drug-likeness (QED) is 0.532. The minimum atomic E-state index is -0.491. The number of piperidine rings is 1. The second-order valence-corrected chi connectivity index (χ2v) is 10.3. The smallest absolute Gasteiger partial charge is 0.156 e. The van der Waals surface area contributed by atoms with E-state index in [1.807, 2.05) is 18.5 Å². The molecule has 7 nitrogen and oxygen atoms in total. The molecule has 1 atom stereocenters. The number of anilines is 2. The summed E-state index contributed by atoms with van der Waals surface area (Å²) >= 11 is 0. The van der Waals surface area contributed by atoms with Crippen LogP contribution in [-0.4, -0.2) is 40.4 Å². The Balaban J connectivity index is 0.00000252. The summed E-state index contributed by atoms with van der Waals surface area (Å²) in [5.41, 5.74) is 10.9. The highest BCUT2D eigenvalue weighted by atomic mass is 19.1. The van der Waals surface area contributed by atoms with Crippen LogP contribution in [0, 0.1) is 17.0 Å². The van der Waals surface area contributed by atoms with Gasteiger partial charge in [0.2, 0.25) is 0 Å². The fourth-order valence-electron chi connectivity index (χ4n) is 6.48. The van der Waals surface area contributed by atoms with Gasteiger partial charge in [-0.2, -0.15) is 0 Å². The minimum absolute atomic E-state index is 0. The van der Waals surface area contributed by atoms with Crippen LogP contribution in [0.1, 0.15) is 60.9 Å². The van der Waals surface area contributed by atoms with Crippen LogP contribution in [-0.2, 0) is 19.4 Å². The Morgan fingerprint density at radius 3 is 2.62 bits per heavy atom. The number of hydrogen-bond donors (Lipinski definition) is 1. The van der Waals surface area contributed by atoms with Gasteiger partial charge in [0.25, 0.3) is 0 Å². The second-order valence-electron chi connectivity index (χ2n) is 10.3. The van der Waals surface area contributed by atoms with E-state index < -0.39 is 11.9 Å². The van der Waals surface area contributed by atoms with Gasteiger partial charge in [-0.25, -0.2) is 18.7 Å². The lowest BCUT2D eigenvalue weighted by Gasteiger charge is -2.42. The summed E-state index contributed by atoms with van der Waals surface area (Å²) in [6.07, 6.45) is 7.65. The van der Waals surface area contributed by atoms with E-state index in [0.29, 0.717) is 24.1 Å². The molecule has 2 aromatic heterocycles. The predicted octanol–water partition coefficient (Wildman–Crippen LogP) is 4.34. The summed E-state index contributed by atoms with van der Waals surface area (Å²) in [4.78, 5) is 23.5. The number of nitrogens with zero attached hydrogens (tertiary/aromatic N) is 6. The zero-order chi connectivity index (χ0) is 24.4. The molecule has 0 saturated carbocycles. The van der Waals surface area contributed by atoms with Crippen molar-refractivity contribution < 1.29 is 8.78 Å². The first-order valence-electron chi connectivity index (χ1n) is 12.6. The number of rotatable bonds is 1. The van der Waals surface area contributed by atoms with Gasteiger partial charge in [0.05, 0.1) is 29.8 Å². The predicted molar refractivity (Wildman–Crippen MR) is 140 cm³/mol. The molecule has 5 heterocycles. The third kappa shape index (κ3) is 3.62. The summed E-state index contributed by atoms with van der Waals surface area (Å²) in [5.74, 6) is 0.940. The molecular formula is C28H31F2N7. The van der Waals surface area contributed by atoms with Crippen LogP contribution < -0.4 is 15.5 Å². The normalized spacial score (nSPS) is 21.3. The molecule has 1 spiro atoms. The van der Waals surface area contributed by atoms with E-state index in [1.54, 1.807) is 0 Å². The van der Waals surface area contributed by atoms with Crippen molar-refractivity contribution in [1.82, 2.24) is 15.0 Å². The maximum atomic E-state index is 14.5. The van der Waals surface area contributed by atoms with E-state index >= 15 is 0 Å². The number of pyridine rings is 1.